The van der Waals surface area contributed by atoms with E-state index in [0.29, 0.717) is 12.6 Å². The van der Waals surface area contributed by atoms with E-state index in [-0.39, 0.29) is 42.3 Å². The summed E-state index contributed by atoms with van der Waals surface area (Å²) in [7, 11) is 0. The highest BCUT2D eigenvalue weighted by Gasteiger charge is 2.41. The molecule has 4 atom stereocenters. The summed E-state index contributed by atoms with van der Waals surface area (Å²) in [5, 5.41) is 12.3. The molecule has 10 heteroatoms. The zero-order valence-corrected chi connectivity index (χ0v) is 16.0. The molecule has 3 aliphatic rings. The highest BCUT2D eigenvalue weighted by molar-refractivity contribution is 5.92. The first-order valence-corrected chi connectivity index (χ1v) is 10.1. The van der Waals surface area contributed by atoms with Crippen molar-refractivity contribution >= 4 is 22.8 Å². The van der Waals surface area contributed by atoms with Gasteiger partial charge in [0.25, 0.3) is 0 Å². The lowest BCUT2D eigenvalue weighted by atomic mass is 10.1. The molecule has 3 fully saturated rings. The number of alkyl halides is 2. The van der Waals surface area contributed by atoms with E-state index in [9.17, 15) is 27.9 Å². The van der Waals surface area contributed by atoms with Crippen molar-refractivity contribution in [2.75, 3.05) is 24.5 Å². The predicted molar refractivity (Wildman–Crippen MR) is 103 cm³/mol. The number of aromatic nitrogens is 2. The average Bonchev–Trinajstić information content (AvgIpc) is 3.61. The molecule has 0 amide bonds. The number of halogens is 3. The molecule has 3 heterocycles. The number of nitrogens with one attached hydrogen (secondary N) is 1. The lowest BCUT2D eigenvalue weighted by Gasteiger charge is -2.20. The van der Waals surface area contributed by atoms with Crippen LogP contribution in [0.1, 0.15) is 35.7 Å². The fourth-order valence-corrected chi connectivity index (χ4v) is 4.11. The Hall–Kier alpha value is -2.62. The molecule has 7 nitrogen and oxygen atoms in total. The SMILES string of the molecule is O=C(O)c1cn([C@@H]2C[C@@H]2F)c2nc(N3C[C@@H](CNC4CC4)[C@H](F)C3)c(F)cc2c1=O. The summed E-state index contributed by atoms with van der Waals surface area (Å²) in [5.41, 5.74) is -1.42. The number of carboxylic acid groups (broad SMARTS) is 1. The maximum Gasteiger partial charge on any atom is 0.341 e. The van der Waals surface area contributed by atoms with Gasteiger partial charge in [0.05, 0.1) is 18.0 Å². The summed E-state index contributed by atoms with van der Waals surface area (Å²) in [6.07, 6.45) is 1.06. The third-order valence-electron chi connectivity index (χ3n) is 6.11. The molecule has 1 saturated heterocycles. The van der Waals surface area contributed by atoms with Crippen molar-refractivity contribution in [1.29, 1.82) is 0 Å². The van der Waals surface area contributed by atoms with Crippen LogP contribution >= 0.6 is 0 Å². The van der Waals surface area contributed by atoms with E-state index in [1.165, 1.54) is 9.47 Å². The minimum absolute atomic E-state index is 0.0153. The van der Waals surface area contributed by atoms with Crippen LogP contribution in [0.2, 0.25) is 0 Å². The van der Waals surface area contributed by atoms with Crippen molar-refractivity contribution in [3.8, 4) is 0 Å². The standard InChI is InChI=1S/C20H21F3N4O3/c21-13-4-16(13)27-7-12(20(29)30)17(28)11-3-14(22)19(25-18(11)27)26-6-9(15(23)8-26)5-24-10-1-2-10/h3,7,9-10,13,15-16,24H,1-2,4-6,8H2,(H,29,30)/t9-,13+,15-,16-/m1/s1. The molecule has 2 N–H and O–H groups in total. The summed E-state index contributed by atoms with van der Waals surface area (Å²) >= 11 is 0. The van der Waals surface area contributed by atoms with Crippen LogP contribution in [0.25, 0.3) is 11.0 Å². The summed E-state index contributed by atoms with van der Waals surface area (Å²) < 4.78 is 44.4. The minimum Gasteiger partial charge on any atom is -0.477 e. The number of hydrogen-bond acceptors (Lipinski definition) is 5. The van der Waals surface area contributed by atoms with Gasteiger partial charge in [0.15, 0.2) is 11.6 Å². The molecule has 2 aliphatic carbocycles. The first kappa shape index (κ1) is 19.3. The van der Waals surface area contributed by atoms with Gasteiger partial charge in [0.1, 0.15) is 23.6 Å². The minimum atomic E-state index is -1.47. The van der Waals surface area contributed by atoms with Crippen LogP contribution in [-0.4, -0.2) is 58.6 Å². The van der Waals surface area contributed by atoms with Gasteiger partial charge >= 0.3 is 5.97 Å². The largest absolute Gasteiger partial charge is 0.477 e. The second-order valence-corrected chi connectivity index (χ2v) is 8.43. The van der Waals surface area contributed by atoms with E-state index in [2.05, 4.69) is 10.3 Å². The van der Waals surface area contributed by atoms with Gasteiger partial charge in [-0.15, -0.1) is 0 Å². The average molecular weight is 422 g/mol. The Morgan fingerprint density at radius 1 is 1.27 bits per heavy atom. The fourth-order valence-electron chi connectivity index (χ4n) is 4.11. The van der Waals surface area contributed by atoms with Crippen molar-refractivity contribution in [3.05, 3.63) is 33.9 Å². The molecule has 0 spiro atoms. The van der Waals surface area contributed by atoms with Crippen molar-refractivity contribution in [2.24, 2.45) is 5.92 Å². The monoisotopic (exact) mass is 422 g/mol. The number of hydrogen-bond donors (Lipinski definition) is 2. The van der Waals surface area contributed by atoms with Gasteiger partial charge in [-0.05, 0) is 18.9 Å². The number of rotatable bonds is 6. The maximum atomic E-state index is 14.9. The molecule has 0 unspecified atom stereocenters. The number of anilines is 1. The van der Waals surface area contributed by atoms with E-state index in [4.69, 9.17) is 0 Å². The van der Waals surface area contributed by atoms with Crippen molar-refractivity contribution in [3.63, 3.8) is 0 Å². The molecule has 1 aliphatic heterocycles. The molecule has 160 valence electrons. The molecule has 2 saturated carbocycles. The van der Waals surface area contributed by atoms with Gasteiger partial charge in [0.2, 0.25) is 5.43 Å². The van der Waals surface area contributed by atoms with Gasteiger partial charge in [-0.3, -0.25) is 4.79 Å². The van der Waals surface area contributed by atoms with Crippen LogP contribution in [0.15, 0.2) is 17.1 Å². The number of pyridine rings is 2. The Balaban J connectivity index is 1.53. The molecule has 0 radical (unpaired) electrons. The van der Waals surface area contributed by atoms with Crippen molar-refractivity contribution in [2.45, 2.75) is 43.7 Å². The number of aromatic carboxylic acids is 1. The Bertz CT molecular complexity index is 1090. The van der Waals surface area contributed by atoms with Crippen LogP contribution in [0.4, 0.5) is 19.0 Å². The molecular formula is C20H21F3N4O3. The lowest BCUT2D eigenvalue weighted by molar-refractivity contribution is 0.0694. The van der Waals surface area contributed by atoms with Crippen LogP contribution in [-0.2, 0) is 0 Å². The number of fused-ring (bicyclic) bond motifs is 1. The normalized spacial score (nSPS) is 28.3. The van der Waals surface area contributed by atoms with Gasteiger partial charge in [-0.1, -0.05) is 0 Å². The van der Waals surface area contributed by atoms with Crippen molar-refractivity contribution < 1.29 is 23.1 Å². The second-order valence-electron chi connectivity index (χ2n) is 8.43. The van der Waals surface area contributed by atoms with E-state index in [0.717, 1.165) is 25.1 Å². The first-order chi connectivity index (χ1) is 14.3. The lowest BCUT2D eigenvalue weighted by Crippen LogP contribution is -2.30. The Kier molecular flexibility index (Phi) is 4.49. The van der Waals surface area contributed by atoms with Crippen LogP contribution < -0.4 is 15.6 Å². The zero-order valence-electron chi connectivity index (χ0n) is 16.0. The maximum absolute atomic E-state index is 14.9. The molecule has 30 heavy (non-hydrogen) atoms. The van der Waals surface area contributed by atoms with E-state index in [1.807, 2.05) is 0 Å². The zero-order chi connectivity index (χ0) is 21.2. The smallest absolute Gasteiger partial charge is 0.341 e. The molecule has 2 aromatic heterocycles. The quantitative estimate of drug-likeness (QED) is 0.741. The second kappa shape index (κ2) is 6.97. The Labute approximate surface area is 169 Å². The first-order valence-electron chi connectivity index (χ1n) is 10.1. The van der Waals surface area contributed by atoms with E-state index >= 15 is 0 Å². The van der Waals surface area contributed by atoms with Gasteiger partial charge < -0.3 is 19.9 Å². The summed E-state index contributed by atoms with van der Waals surface area (Å²) in [6, 6.07) is 0.716. The van der Waals surface area contributed by atoms with Gasteiger partial charge in [-0.25, -0.2) is 22.9 Å². The Morgan fingerprint density at radius 3 is 2.63 bits per heavy atom. The van der Waals surface area contributed by atoms with Crippen molar-refractivity contribution in [1.82, 2.24) is 14.9 Å². The summed E-state index contributed by atoms with van der Waals surface area (Å²) in [6.45, 7) is 0.734. The molecule has 0 bridgehead atoms. The van der Waals surface area contributed by atoms with Crippen LogP contribution in [0.3, 0.4) is 0 Å². The Morgan fingerprint density at radius 2 is 2.00 bits per heavy atom. The van der Waals surface area contributed by atoms with E-state index in [1.54, 1.807) is 0 Å². The van der Waals surface area contributed by atoms with Gasteiger partial charge in [0, 0.05) is 37.7 Å². The van der Waals surface area contributed by atoms with E-state index < -0.39 is 41.2 Å². The highest BCUT2D eigenvalue weighted by atomic mass is 19.1. The molecule has 5 rings (SSSR count). The number of carbonyl (C=O) groups is 1. The molecule has 0 aromatic carbocycles. The topological polar surface area (TPSA) is 87.5 Å². The van der Waals surface area contributed by atoms with Gasteiger partial charge in [-0.2, -0.15) is 0 Å². The fraction of sp³-hybridized carbons (Fsp3) is 0.550. The van der Waals surface area contributed by atoms with Crippen LogP contribution in [0.5, 0.6) is 0 Å². The third kappa shape index (κ3) is 3.32. The molecule has 2 aromatic rings. The number of carboxylic acids is 1. The van der Waals surface area contributed by atoms with Crippen LogP contribution in [0, 0.1) is 11.7 Å². The number of nitrogens with zero attached hydrogens (tertiary/aromatic N) is 3. The third-order valence-corrected chi connectivity index (χ3v) is 6.11. The molecular weight excluding hydrogens is 401 g/mol. The summed E-state index contributed by atoms with van der Waals surface area (Å²) in [5.74, 6) is -2.71. The summed E-state index contributed by atoms with van der Waals surface area (Å²) in [4.78, 5) is 29.7. The highest BCUT2D eigenvalue weighted by Crippen LogP contribution is 2.40. The predicted octanol–water partition coefficient (Wildman–Crippen LogP) is 2.04.